The van der Waals surface area contributed by atoms with Crippen molar-refractivity contribution in [3.8, 4) is 0 Å². The van der Waals surface area contributed by atoms with Gasteiger partial charge in [0, 0.05) is 24.7 Å². The van der Waals surface area contributed by atoms with Gasteiger partial charge in [-0.05, 0) is 37.5 Å². The molecule has 1 fully saturated rings. The van der Waals surface area contributed by atoms with Crippen LogP contribution in [0.3, 0.4) is 0 Å². The maximum absolute atomic E-state index is 13.3. The van der Waals surface area contributed by atoms with Gasteiger partial charge in [-0.3, -0.25) is 4.79 Å². The Morgan fingerprint density at radius 2 is 2.11 bits per heavy atom. The van der Waals surface area contributed by atoms with Gasteiger partial charge in [0.15, 0.2) is 0 Å². The maximum atomic E-state index is 13.3. The van der Waals surface area contributed by atoms with Crippen LogP contribution >= 0.6 is 0 Å². The molecule has 104 valence electrons. The normalized spacial score (nSPS) is 15.7. The molecule has 0 unspecified atom stereocenters. The predicted molar refractivity (Wildman–Crippen MR) is 73.5 cm³/mol. The summed E-state index contributed by atoms with van der Waals surface area (Å²) >= 11 is 0. The molecule has 0 spiro atoms. The lowest BCUT2D eigenvalue weighted by Gasteiger charge is -2.29. The van der Waals surface area contributed by atoms with Crippen LogP contribution in [0.15, 0.2) is 18.2 Å². The third-order valence-corrected chi connectivity index (χ3v) is 3.83. The van der Waals surface area contributed by atoms with Crippen LogP contribution in [-0.2, 0) is 0 Å². The highest BCUT2D eigenvalue weighted by atomic mass is 19.1. The van der Waals surface area contributed by atoms with Gasteiger partial charge in [0.05, 0.1) is 0 Å². The molecule has 4 heteroatoms. The number of benzene rings is 1. The second-order valence-corrected chi connectivity index (χ2v) is 5.18. The lowest BCUT2D eigenvalue weighted by Crippen LogP contribution is -2.42. The van der Waals surface area contributed by atoms with Gasteiger partial charge < -0.3 is 10.6 Å². The number of halogens is 1. The van der Waals surface area contributed by atoms with E-state index in [1.54, 1.807) is 6.07 Å². The van der Waals surface area contributed by atoms with Crippen LogP contribution in [0.25, 0.3) is 0 Å². The monoisotopic (exact) mass is 264 g/mol. The summed E-state index contributed by atoms with van der Waals surface area (Å²) in [5.41, 5.74) is 6.88. The van der Waals surface area contributed by atoms with Gasteiger partial charge in [-0.2, -0.15) is 0 Å². The molecule has 1 aromatic carbocycles. The summed E-state index contributed by atoms with van der Waals surface area (Å²) in [6.45, 7) is 2.82. The minimum atomic E-state index is -0.368. The minimum absolute atomic E-state index is 0.0886. The van der Waals surface area contributed by atoms with Crippen LogP contribution in [0.2, 0.25) is 0 Å². The fourth-order valence-corrected chi connectivity index (χ4v) is 2.78. The van der Waals surface area contributed by atoms with Crippen molar-refractivity contribution in [3.63, 3.8) is 0 Å². The molecule has 0 bridgehead atoms. The highest BCUT2D eigenvalue weighted by molar-refractivity contribution is 5.95. The molecule has 19 heavy (non-hydrogen) atoms. The zero-order chi connectivity index (χ0) is 13.8. The van der Waals surface area contributed by atoms with E-state index in [1.165, 1.54) is 12.1 Å². The van der Waals surface area contributed by atoms with Crippen molar-refractivity contribution in [2.45, 2.75) is 38.6 Å². The summed E-state index contributed by atoms with van der Waals surface area (Å²) in [6, 6.07) is 4.63. The Balaban J connectivity index is 2.25. The molecule has 2 N–H and O–H groups in total. The number of rotatable bonds is 4. The fourth-order valence-electron chi connectivity index (χ4n) is 2.78. The molecule has 0 aromatic heterocycles. The van der Waals surface area contributed by atoms with E-state index in [1.807, 2.05) is 11.8 Å². The Morgan fingerprint density at radius 3 is 2.74 bits per heavy atom. The van der Waals surface area contributed by atoms with E-state index in [0.717, 1.165) is 31.2 Å². The summed E-state index contributed by atoms with van der Waals surface area (Å²) in [4.78, 5) is 14.4. The number of hydrogen-bond donors (Lipinski definition) is 1. The van der Waals surface area contributed by atoms with Gasteiger partial charge in [-0.25, -0.2) is 4.39 Å². The molecule has 1 amide bonds. The van der Waals surface area contributed by atoms with Crippen LogP contribution in [0.5, 0.6) is 0 Å². The SMILES string of the molecule is Cc1ccc(F)cc1C(=O)N(CCN)C1CCCC1. The van der Waals surface area contributed by atoms with Gasteiger partial charge in [0.2, 0.25) is 0 Å². The van der Waals surface area contributed by atoms with E-state index >= 15 is 0 Å². The Labute approximate surface area is 113 Å². The molecule has 1 aromatic rings. The standard InChI is InChI=1S/C15H21FN2O/c1-11-6-7-12(16)10-14(11)15(19)18(9-8-17)13-4-2-3-5-13/h6-7,10,13H,2-5,8-9,17H2,1H3. The predicted octanol–water partition coefficient (Wildman–Crippen LogP) is 2.48. The van der Waals surface area contributed by atoms with Crippen LogP contribution < -0.4 is 5.73 Å². The van der Waals surface area contributed by atoms with Crippen molar-refractivity contribution in [1.82, 2.24) is 4.90 Å². The first-order valence-corrected chi connectivity index (χ1v) is 6.90. The Morgan fingerprint density at radius 1 is 1.42 bits per heavy atom. The molecule has 3 nitrogen and oxygen atoms in total. The number of nitrogens with zero attached hydrogens (tertiary/aromatic N) is 1. The van der Waals surface area contributed by atoms with E-state index in [-0.39, 0.29) is 17.8 Å². The van der Waals surface area contributed by atoms with Crippen LogP contribution in [0.1, 0.15) is 41.6 Å². The summed E-state index contributed by atoms with van der Waals surface area (Å²) in [7, 11) is 0. The van der Waals surface area contributed by atoms with Crippen LogP contribution in [-0.4, -0.2) is 29.9 Å². The van der Waals surface area contributed by atoms with Gasteiger partial charge in [0.1, 0.15) is 5.82 Å². The fraction of sp³-hybridized carbons (Fsp3) is 0.533. The Hall–Kier alpha value is -1.42. The summed E-state index contributed by atoms with van der Waals surface area (Å²) in [5, 5.41) is 0. The zero-order valence-electron chi connectivity index (χ0n) is 11.4. The molecule has 0 heterocycles. The second kappa shape index (κ2) is 6.15. The van der Waals surface area contributed by atoms with Gasteiger partial charge >= 0.3 is 0 Å². The van der Waals surface area contributed by atoms with Gasteiger partial charge in [-0.1, -0.05) is 18.9 Å². The molecule has 0 aliphatic heterocycles. The van der Waals surface area contributed by atoms with Gasteiger partial charge in [0.25, 0.3) is 5.91 Å². The molecule has 1 aliphatic carbocycles. The van der Waals surface area contributed by atoms with E-state index in [2.05, 4.69) is 0 Å². The van der Waals surface area contributed by atoms with E-state index < -0.39 is 0 Å². The number of carbonyl (C=O) groups excluding carboxylic acids is 1. The van der Waals surface area contributed by atoms with Crippen LogP contribution in [0.4, 0.5) is 4.39 Å². The molecule has 1 saturated carbocycles. The van der Waals surface area contributed by atoms with Crippen molar-refractivity contribution < 1.29 is 9.18 Å². The Bertz CT molecular complexity index is 455. The topological polar surface area (TPSA) is 46.3 Å². The average molecular weight is 264 g/mol. The third-order valence-electron chi connectivity index (χ3n) is 3.83. The molecule has 0 atom stereocenters. The highest BCUT2D eigenvalue weighted by Gasteiger charge is 2.27. The van der Waals surface area contributed by atoms with E-state index in [0.29, 0.717) is 18.7 Å². The number of hydrogen-bond acceptors (Lipinski definition) is 2. The first-order valence-electron chi connectivity index (χ1n) is 6.90. The minimum Gasteiger partial charge on any atom is -0.334 e. The zero-order valence-corrected chi connectivity index (χ0v) is 11.4. The molecular weight excluding hydrogens is 243 g/mol. The molecule has 0 saturated heterocycles. The Kier molecular flexibility index (Phi) is 4.53. The lowest BCUT2D eigenvalue weighted by molar-refractivity contribution is 0.0687. The largest absolute Gasteiger partial charge is 0.334 e. The number of amides is 1. The van der Waals surface area contributed by atoms with E-state index in [4.69, 9.17) is 5.73 Å². The maximum Gasteiger partial charge on any atom is 0.254 e. The summed E-state index contributed by atoms with van der Waals surface area (Å²) in [6.07, 6.45) is 4.36. The van der Waals surface area contributed by atoms with Crippen LogP contribution in [0, 0.1) is 12.7 Å². The molecule has 1 aliphatic rings. The number of carbonyl (C=O) groups is 1. The van der Waals surface area contributed by atoms with Crippen molar-refractivity contribution in [1.29, 1.82) is 0 Å². The highest BCUT2D eigenvalue weighted by Crippen LogP contribution is 2.25. The first kappa shape index (κ1) is 14.0. The third kappa shape index (κ3) is 3.13. The van der Waals surface area contributed by atoms with Gasteiger partial charge in [-0.15, -0.1) is 0 Å². The molecular formula is C15H21FN2O. The lowest BCUT2D eigenvalue weighted by atomic mass is 10.1. The molecule has 0 radical (unpaired) electrons. The number of aryl methyl sites for hydroxylation is 1. The molecule has 2 rings (SSSR count). The van der Waals surface area contributed by atoms with E-state index in [9.17, 15) is 9.18 Å². The van der Waals surface area contributed by atoms with Crippen molar-refractivity contribution in [2.75, 3.05) is 13.1 Å². The van der Waals surface area contributed by atoms with Crippen molar-refractivity contribution >= 4 is 5.91 Å². The first-order chi connectivity index (χ1) is 9.13. The average Bonchev–Trinajstić information content (AvgIpc) is 2.92. The summed E-state index contributed by atoms with van der Waals surface area (Å²) in [5.74, 6) is -0.456. The van der Waals surface area contributed by atoms with Crippen molar-refractivity contribution in [3.05, 3.63) is 35.1 Å². The summed E-state index contributed by atoms with van der Waals surface area (Å²) < 4.78 is 13.3. The second-order valence-electron chi connectivity index (χ2n) is 5.18. The quantitative estimate of drug-likeness (QED) is 0.908. The van der Waals surface area contributed by atoms with Crippen molar-refractivity contribution in [2.24, 2.45) is 5.73 Å². The number of nitrogens with two attached hydrogens (primary N) is 1. The smallest absolute Gasteiger partial charge is 0.254 e.